The van der Waals surface area contributed by atoms with Gasteiger partial charge < -0.3 is 9.84 Å². The van der Waals surface area contributed by atoms with Gasteiger partial charge in [-0.15, -0.1) is 0 Å². The summed E-state index contributed by atoms with van der Waals surface area (Å²) in [6, 6.07) is 12.8. The van der Waals surface area contributed by atoms with Crippen molar-refractivity contribution < 1.29 is 9.84 Å². The van der Waals surface area contributed by atoms with E-state index in [9.17, 15) is 5.11 Å². The molecule has 1 heterocycles. The first-order chi connectivity index (χ1) is 11.2. The van der Waals surface area contributed by atoms with E-state index in [0.29, 0.717) is 22.9 Å². The van der Waals surface area contributed by atoms with E-state index in [0.717, 1.165) is 23.2 Å². The Balaban J connectivity index is 2.01. The molecule has 0 fully saturated rings. The first kappa shape index (κ1) is 15.4. The molecule has 3 rings (SSSR count). The average Bonchev–Trinajstić information content (AvgIpc) is 3.02. The van der Waals surface area contributed by atoms with Gasteiger partial charge >= 0.3 is 0 Å². The van der Waals surface area contributed by atoms with Gasteiger partial charge in [0, 0.05) is 27.8 Å². The van der Waals surface area contributed by atoms with Crippen LogP contribution in [0, 0.1) is 0 Å². The van der Waals surface area contributed by atoms with Crippen molar-refractivity contribution in [1.29, 1.82) is 0 Å². The normalized spacial score (nSPS) is 10.7. The number of aromatic amines is 1. The summed E-state index contributed by atoms with van der Waals surface area (Å²) in [5, 5.41) is 18.0. The second-order valence-corrected chi connectivity index (χ2v) is 5.57. The number of nitrogens with one attached hydrogen (secondary N) is 1. The molecule has 0 spiro atoms. The third-order valence-electron chi connectivity index (χ3n) is 3.51. The van der Waals surface area contributed by atoms with Crippen LogP contribution in [-0.4, -0.2) is 21.9 Å². The lowest BCUT2D eigenvalue weighted by Gasteiger charge is -2.10. The van der Waals surface area contributed by atoms with Crippen LogP contribution in [-0.2, 0) is 0 Å². The monoisotopic (exact) mass is 328 g/mol. The van der Waals surface area contributed by atoms with E-state index in [1.54, 1.807) is 12.3 Å². The molecule has 0 radical (unpaired) electrons. The number of H-pyrrole nitrogens is 1. The van der Waals surface area contributed by atoms with Crippen molar-refractivity contribution in [2.45, 2.75) is 13.3 Å². The lowest BCUT2D eigenvalue weighted by molar-refractivity contribution is 0.315. The molecule has 0 bridgehead atoms. The van der Waals surface area contributed by atoms with Gasteiger partial charge in [0.2, 0.25) is 0 Å². The molecule has 5 heteroatoms. The maximum atomic E-state index is 10.3. The fourth-order valence-corrected chi connectivity index (χ4v) is 2.65. The van der Waals surface area contributed by atoms with Crippen LogP contribution >= 0.6 is 11.6 Å². The van der Waals surface area contributed by atoms with Crippen LogP contribution in [0.2, 0.25) is 5.02 Å². The standard InChI is InChI=1S/C18H17ClN2O2/c1-2-9-23-12-7-8-14(17(22)10-12)18-15(11-20-21-18)13-5-3-4-6-16(13)19/h3-8,10-11,22H,2,9H2,1H3,(H,20,21). The van der Waals surface area contributed by atoms with Gasteiger partial charge in [-0.05, 0) is 24.6 Å². The summed E-state index contributed by atoms with van der Waals surface area (Å²) in [5.74, 6) is 0.781. The van der Waals surface area contributed by atoms with Gasteiger partial charge in [-0.1, -0.05) is 36.7 Å². The molecule has 0 aliphatic carbocycles. The van der Waals surface area contributed by atoms with Gasteiger partial charge in [0.25, 0.3) is 0 Å². The zero-order valence-corrected chi connectivity index (χ0v) is 13.5. The lowest BCUT2D eigenvalue weighted by atomic mass is 10.0. The van der Waals surface area contributed by atoms with E-state index in [2.05, 4.69) is 10.2 Å². The number of hydrogen-bond acceptors (Lipinski definition) is 3. The quantitative estimate of drug-likeness (QED) is 0.701. The molecule has 0 amide bonds. The molecule has 0 saturated carbocycles. The SMILES string of the molecule is CCCOc1ccc(-c2[nH]ncc2-c2ccccc2Cl)c(O)c1. The van der Waals surface area contributed by atoms with Crippen molar-refractivity contribution >= 4 is 11.6 Å². The summed E-state index contributed by atoms with van der Waals surface area (Å²) in [6.45, 7) is 2.66. The first-order valence-electron chi connectivity index (χ1n) is 7.45. The Hall–Kier alpha value is -2.46. The number of hydrogen-bond donors (Lipinski definition) is 2. The van der Waals surface area contributed by atoms with Gasteiger partial charge in [-0.3, -0.25) is 5.10 Å². The maximum Gasteiger partial charge on any atom is 0.128 e. The fraction of sp³-hybridized carbons (Fsp3) is 0.167. The average molecular weight is 329 g/mol. The highest BCUT2D eigenvalue weighted by molar-refractivity contribution is 6.33. The topological polar surface area (TPSA) is 58.1 Å². The predicted octanol–water partition coefficient (Wildman–Crippen LogP) is 4.89. The van der Waals surface area contributed by atoms with Gasteiger partial charge in [0.15, 0.2) is 0 Å². The molecule has 2 aromatic carbocycles. The molecule has 0 saturated heterocycles. The third-order valence-corrected chi connectivity index (χ3v) is 3.84. The van der Waals surface area contributed by atoms with E-state index in [1.807, 2.05) is 43.3 Å². The highest BCUT2D eigenvalue weighted by Crippen LogP contribution is 2.39. The number of phenolic OH excluding ortho intramolecular Hbond substituents is 1. The number of nitrogens with zero attached hydrogens (tertiary/aromatic N) is 1. The van der Waals surface area contributed by atoms with Crippen molar-refractivity contribution in [1.82, 2.24) is 10.2 Å². The second-order valence-electron chi connectivity index (χ2n) is 5.17. The third kappa shape index (κ3) is 3.17. The van der Waals surface area contributed by atoms with Crippen LogP contribution in [0.3, 0.4) is 0 Å². The Labute approximate surface area is 139 Å². The smallest absolute Gasteiger partial charge is 0.128 e. The molecule has 0 atom stereocenters. The largest absolute Gasteiger partial charge is 0.507 e. The predicted molar refractivity (Wildman–Crippen MR) is 91.9 cm³/mol. The number of aromatic nitrogens is 2. The summed E-state index contributed by atoms with van der Waals surface area (Å²) in [6.07, 6.45) is 2.62. The van der Waals surface area contributed by atoms with E-state index in [4.69, 9.17) is 16.3 Å². The lowest BCUT2D eigenvalue weighted by Crippen LogP contribution is -1.95. The highest BCUT2D eigenvalue weighted by atomic mass is 35.5. The Bertz CT molecular complexity index is 814. The van der Waals surface area contributed by atoms with E-state index < -0.39 is 0 Å². The highest BCUT2D eigenvalue weighted by Gasteiger charge is 2.15. The summed E-state index contributed by atoms with van der Waals surface area (Å²) >= 11 is 6.27. The van der Waals surface area contributed by atoms with Gasteiger partial charge in [-0.2, -0.15) is 5.10 Å². The molecular formula is C18H17ClN2O2. The maximum absolute atomic E-state index is 10.3. The second kappa shape index (κ2) is 6.75. The van der Waals surface area contributed by atoms with E-state index in [-0.39, 0.29) is 5.75 Å². The minimum atomic E-state index is 0.135. The minimum Gasteiger partial charge on any atom is -0.507 e. The van der Waals surface area contributed by atoms with Crippen molar-refractivity contribution in [3.05, 3.63) is 53.7 Å². The number of rotatable bonds is 5. The molecule has 4 nitrogen and oxygen atoms in total. The number of benzene rings is 2. The number of ether oxygens (including phenoxy) is 1. The molecule has 23 heavy (non-hydrogen) atoms. The molecule has 2 N–H and O–H groups in total. The number of phenols is 1. The van der Waals surface area contributed by atoms with Gasteiger partial charge in [-0.25, -0.2) is 0 Å². The molecule has 0 aliphatic rings. The Morgan fingerprint density at radius 1 is 1.13 bits per heavy atom. The zero-order valence-electron chi connectivity index (χ0n) is 12.7. The van der Waals surface area contributed by atoms with Crippen LogP contribution < -0.4 is 4.74 Å². The Morgan fingerprint density at radius 3 is 2.70 bits per heavy atom. The molecule has 118 valence electrons. The minimum absolute atomic E-state index is 0.135. The molecule has 3 aromatic rings. The summed E-state index contributed by atoms with van der Waals surface area (Å²) in [7, 11) is 0. The molecule has 0 unspecified atom stereocenters. The van der Waals surface area contributed by atoms with E-state index >= 15 is 0 Å². The van der Waals surface area contributed by atoms with Crippen LogP contribution in [0.5, 0.6) is 11.5 Å². The van der Waals surface area contributed by atoms with Crippen molar-refractivity contribution in [2.75, 3.05) is 6.61 Å². The van der Waals surface area contributed by atoms with Gasteiger partial charge in [0.1, 0.15) is 11.5 Å². The van der Waals surface area contributed by atoms with Crippen LogP contribution in [0.15, 0.2) is 48.7 Å². The van der Waals surface area contributed by atoms with E-state index in [1.165, 1.54) is 0 Å². The van der Waals surface area contributed by atoms with Crippen LogP contribution in [0.25, 0.3) is 22.4 Å². The van der Waals surface area contributed by atoms with Crippen molar-refractivity contribution in [3.8, 4) is 33.9 Å². The molecular weight excluding hydrogens is 312 g/mol. The first-order valence-corrected chi connectivity index (χ1v) is 7.83. The number of aromatic hydroxyl groups is 1. The Morgan fingerprint density at radius 2 is 1.96 bits per heavy atom. The number of halogens is 1. The summed E-state index contributed by atoms with van der Waals surface area (Å²) < 4.78 is 5.54. The zero-order chi connectivity index (χ0) is 16.2. The van der Waals surface area contributed by atoms with Crippen molar-refractivity contribution in [2.24, 2.45) is 0 Å². The van der Waals surface area contributed by atoms with Gasteiger partial charge in [0.05, 0.1) is 18.5 Å². The van der Waals surface area contributed by atoms with Crippen LogP contribution in [0.4, 0.5) is 0 Å². The molecule has 1 aromatic heterocycles. The van der Waals surface area contributed by atoms with Crippen LogP contribution in [0.1, 0.15) is 13.3 Å². The molecule has 0 aliphatic heterocycles. The summed E-state index contributed by atoms with van der Waals surface area (Å²) in [5.41, 5.74) is 3.08. The Kier molecular flexibility index (Phi) is 4.53. The van der Waals surface area contributed by atoms with Crippen molar-refractivity contribution in [3.63, 3.8) is 0 Å². The fourth-order valence-electron chi connectivity index (χ4n) is 2.41. The summed E-state index contributed by atoms with van der Waals surface area (Å²) in [4.78, 5) is 0.